The van der Waals surface area contributed by atoms with Crippen molar-refractivity contribution < 1.29 is 9.53 Å². The number of rotatable bonds is 9. The van der Waals surface area contributed by atoms with Crippen molar-refractivity contribution in [2.45, 2.75) is 39.0 Å². The van der Waals surface area contributed by atoms with Crippen molar-refractivity contribution in [3.8, 4) is 0 Å². The van der Waals surface area contributed by atoms with Crippen molar-refractivity contribution in [1.29, 1.82) is 0 Å². The number of carbonyl (C=O) groups is 1. The van der Waals surface area contributed by atoms with Crippen molar-refractivity contribution in [2.24, 2.45) is 0 Å². The third kappa shape index (κ3) is 8.53. The summed E-state index contributed by atoms with van der Waals surface area (Å²) in [5.74, 6) is 0. The van der Waals surface area contributed by atoms with Crippen molar-refractivity contribution in [1.82, 2.24) is 10.2 Å². The lowest BCUT2D eigenvalue weighted by Crippen LogP contribution is -2.38. The molecule has 0 atom stereocenters. The number of carbonyl (C=O) groups excluding carboxylic acids is 1. The number of hydrogen-bond acceptors (Lipinski definition) is 2. The van der Waals surface area contributed by atoms with E-state index in [1.54, 1.807) is 12.0 Å². The summed E-state index contributed by atoms with van der Waals surface area (Å²) in [5, 5.41) is 2.91. The Morgan fingerprint density at radius 2 is 2.00 bits per heavy atom. The highest BCUT2D eigenvalue weighted by Gasteiger charge is 2.06. The maximum atomic E-state index is 11.5. The van der Waals surface area contributed by atoms with E-state index >= 15 is 0 Å². The van der Waals surface area contributed by atoms with Crippen LogP contribution in [0.3, 0.4) is 0 Å². The molecule has 1 N–H and O–H groups in total. The third-order valence-electron chi connectivity index (χ3n) is 2.50. The molecule has 0 aromatic carbocycles. The Kier molecular flexibility index (Phi) is 10.2. The summed E-state index contributed by atoms with van der Waals surface area (Å²) in [6, 6.07) is 0.0209. The molecule has 4 heteroatoms. The highest BCUT2D eigenvalue weighted by Crippen LogP contribution is 1.97. The molecule has 0 radical (unpaired) electrons. The fraction of sp³-hybridized carbons (Fsp3) is 0.917. The fourth-order valence-electron chi connectivity index (χ4n) is 1.43. The largest absolute Gasteiger partial charge is 0.385 e. The van der Waals surface area contributed by atoms with Gasteiger partial charge in [0.1, 0.15) is 0 Å². The first kappa shape index (κ1) is 15.2. The number of unbranched alkanes of at least 4 members (excludes halogenated alkanes) is 3. The number of nitrogens with one attached hydrogen (secondary N) is 1. The van der Waals surface area contributed by atoms with E-state index in [0.717, 1.165) is 25.9 Å². The Morgan fingerprint density at radius 1 is 1.25 bits per heavy atom. The van der Waals surface area contributed by atoms with Crippen LogP contribution in [0.5, 0.6) is 0 Å². The predicted molar refractivity (Wildman–Crippen MR) is 66.7 cm³/mol. The lowest BCUT2D eigenvalue weighted by molar-refractivity contribution is 0.175. The van der Waals surface area contributed by atoms with Gasteiger partial charge in [-0.15, -0.1) is 0 Å². The minimum atomic E-state index is 0.0209. The van der Waals surface area contributed by atoms with Crippen molar-refractivity contribution in [3.05, 3.63) is 0 Å². The quantitative estimate of drug-likeness (QED) is 0.617. The normalized spacial score (nSPS) is 10.2. The van der Waals surface area contributed by atoms with E-state index < -0.39 is 0 Å². The molecular weight excluding hydrogens is 204 g/mol. The van der Waals surface area contributed by atoms with Crippen LogP contribution in [-0.4, -0.2) is 44.8 Å². The molecule has 0 aliphatic heterocycles. The fourth-order valence-corrected chi connectivity index (χ4v) is 1.43. The van der Waals surface area contributed by atoms with Crippen LogP contribution in [0.25, 0.3) is 0 Å². The highest BCUT2D eigenvalue weighted by atomic mass is 16.5. The number of hydrogen-bond donors (Lipinski definition) is 1. The highest BCUT2D eigenvalue weighted by molar-refractivity contribution is 5.73. The maximum absolute atomic E-state index is 11.5. The van der Waals surface area contributed by atoms with Gasteiger partial charge in [-0.05, 0) is 12.8 Å². The van der Waals surface area contributed by atoms with Gasteiger partial charge in [-0.25, -0.2) is 4.79 Å². The molecule has 0 aromatic rings. The Bertz CT molecular complexity index is 174. The average Bonchev–Trinajstić information content (AvgIpc) is 2.28. The summed E-state index contributed by atoms with van der Waals surface area (Å²) >= 11 is 0. The molecule has 0 aliphatic rings. The van der Waals surface area contributed by atoms with E-state index in [0.29, 0.717) is 6.61 Å². The summed E-state index contributed by atoms with van der Waals surface area (Å²) in [5.41, 5.74) is 0. The maximum Gasteiger partial charge on any atom is 0.317 e. The number of nitrogens with zero attached hydrogens (tertiary/aromatic N) is 1. The van der Waals surface area contributed by atoms with Gasteiger partial charge in [-0.1, -0.05) is 26.2 Å². The Balaban J connectivity index is 3.40. The molecular formula is C12H26N2O2. The Labute approximate surface area is 99.3 Å². The van der Waals surface area contributed by atoms with Gasteiger partial charge in [0, 0.05) is 33.9 Å². The molecule has 0 aliphatic carbocycles. The van der Waals surface area contributed by atoms with Gasteiger partial charge in [0.25, 0.3) is 0 Å². The average molecular weight is 230 g/mol. The van der Waals surface area contributed by atoms with Crippen LogP contribution in [0.1, 0.15) is 39.0 Å². The molecule has 0 bridgehead atoms. The standard InChI is InChI=1S/C12H26N2O2/c1-4-5-6-7-9-13-12(15)14(2)10-8-11-16-3/h4-11H2,1-3H3,(H,13,15). The van der Waals surface area contributed by atoms with Crippen LogP contribution in [0.2, 0.25) is 0 Å². The molecule has 2 amide bonds. The third-order valence-corrected chi connectivity index (χ3v) is 2.50. The van der Waals surface area contributed by atoms with Gasteiger partial charge < -0.3 is 15.0 Å². The lowest BCUT2D eigenvalue weighted by atomic mass is 10.2. The van der Waals surface area contributed by atoms with Crippen molar-refractivity contribution in [2.75, 3.05) is 33.9 Å². The molecule has 0 spiro atoms. The molecule has 4 nitrogen and oxygen atoms in total. The first-order valence-electron chi connectivity index (χ1n) is 6.20. The second-order valence-electron chi connectivity index (χ2n) is 4.06. The van der Waals surface area contributed by atoms with E-state index in [1.165, 1.54) is 19.3 Å². The molecule has 0 aromatic heterocycles. The van der Waals surface area contributed by atoms with Crippen LogP contribution in [0.15, 0.2) is 0 Å². The summed E-state index contributed by atoms with van der Waals surface area (Å²) in [6.07, 6.45) is 5.64. The van der Waals surface area contributed by atoms with Gasteiger partial charge in [-0.2, -0.15) is 0 Å². The van der Waals surface area contributed by atoms with Gasteiger partial charge in [-0.3, -0.25) is 0 Å². The minimum absolute atomic E-state index is 0.0209. The molecule has 0 heterocycles. The second kappa shape index (κ2) is 10.7. The molecule has 96 valence electrons. The molecule has 16 heavy (non-hydrogen) atoms. The smallest absolute Gasteiger partial charge is 0.317 e. The monoisotopic (exact) mass is 230 g/mol. The number of ether oxygens (including phenoxy) is 1. The Morgan fingerprint density at radius 3 is 2.62 bits per heavy atom. The van der Waals surface area contributed by atoms with E-state index in [1.807, 2.05) is 7.05 Å². The van der Waals surface area contributed by atoms with E-state index in [-0.39, 0.29) is 6.03 Å². The molecule has 0 saturated carbocycles. The number of urea groups is 1. The number of methoxy groups -OCH3 is 1. The van der Waals surface area contributed by atoms with Crippen molar-refractivity contribution in [3.63, 3.8) is 0 Å². The molecule has 0 unspecified atom stereocenters. The molecule has 0 saturated heterocycles. The van der Waals surface area contributed by atoms with Gasteiger partial charge in [0.15, 0.2) is 0 Å². The van der Waals surface area contributed by atoms with Crippen LogP contribution >= 0.6 is 0 Å². The zero-order chi connectivity index (χ0) is 12.2. The molecule has 0 fully saturated rings. The van der Waals surface area contributed by atoms with Crippen LogP contribution in [0.4, 0.5) is 4.79 Å². The van der Waals surface area contributed by atoms with Crippen LogP contribution in [-0.2, 0) is 4.74 Å². The zero-order valence-corrected chi connectivity index (χ0v) is 10.9. The first-order valence-corrected chi connectivity index (χ1v) is 6.20. The Hall–Kier alpha value is -0.770. The predicted octanol–water partition coefficient (Wildman–Crippen LogP) is 2.24. The molecule has 0 rings (SSSR count). The summed E-state index contributed by atoms with van der Waals surface area (Å²) < 4.78 is 4.94. The van der Waals surface area contributed by atoms with Gasteiger partial charge in [0.2, 0.25) is 0 Å². The topological polar surface area (TPSA) is 41.6 Å². The second-order valence-corrected chi connectivity index (χ2v) is 4.06. The zero-order valence-electron chi connectivity index (χ0n) is 10.9. The van der Waals surface area contributed by atoms with E-state index in [2.05, 4.69) is 12.2 Å². The summed E-state index contributed by atoms with van der Waals surface area (Å²) in [4.78, 5) is 13.3. The lowest BCUT2D eigenvalue weighted by Gasteiger charge is -2.17. The van der Waals surface area contributed by atoms with Crippen LogP contribution < -0.4 is 5.32 Å². The minimum Gasteiger partial charge on any atom is -0.385 e. The van der Waals surface area contributed by atoms with Crippen LogP contribution in [0, 0.1) is 0 Å². The van der Waals surface area contributed by atoms with Gasteiger partial charge in [0.05, 0.1) is 0 Å². The SMILES string of the molecule is CCCCCCNC(=O)N(C)CCCOC. The van der Waals surface area contributed by atoms with Gasteiger partial charge >= 0.3 is 6.03 Å². The number of amides is 2. The first-order chi connectivity index (χ1) is 7.72. The van der Waals surface area contributed by atoms with E-state index in [9.17, 15) is 4.79 Å². The summed E-state index contributed by atoms with van der Waals surface area (Å²) in [6.45, 7) is 4.42. The van der Waals surface area contributed by atoms with E-state index in [4.69, 9.17) is 4.74 Å². The summed E-state index contributed by atoms with van der Waals surface area (Å²) in [7, 11) is 3.49. The van der Waals surface area contributed by atoms with Crippen molar-refractivity contribution >= 4 is 6.03 Å².